The number of benzene rings is 2. The van der Waals surface area contributed by atoms with E-state index in [2.05, 4.69) is 4.72 Å². The molecule has 0 fully saturated rings. The number of Topliss-reactive ketones (excluding diaryl/α,β-unsaturated/α-hetero) is 1. The minimum Gasteiger partial charge on any atom is -0.456 e. The molecule has 28 heavy (non-hydrogen) atoms. The molecule has 0 aliphatic rings. The fourth-order valence-corrected chi connectivity index (χ4v) is 3.78. The van der Waals surface area contributed by atoms with Gasteiger partial charge in [-0.2, -0.15) is 4.72 Å². The first kappa shape index (κ1) is 21.8. The third kappa shape index (κ3) is 6.28. The molecule has 0 unspecified atom stereocenters. The topological polar surface area (TPSA) is 89.5 Å². The van der Waals surface area contributed by atoms with Crippen molar-refractivity contribution in [1.82, 2.24) is 4.72 Å². The van der Waals surface area contributed by atoms with Crippen LogP contribution in [0, 0.1) is 12.8 Å². The molecule has 6 nitrogen and oxygen atoms in total. The molecule has 0 aliphatic carbocycles. The van der Waals surface area contributed by atoms with Gasteiger partial charge in [0, 0.05) is 5.56 Å². The lowest BCUT2D eigenvalue weighted by Crippen LogP contribution is -2.43. The fourth-order valence-electron chi connectivity index (χ4n) is 2.58. The largest absolute Gasteiger partial charge is 0.456 e. The summed E-state index contributed by atoms with van der Waals surface area (Å²) in [5.74, 6) is -1.07. The molecular formula is C21H25NO5S. The van der Waals surface area contributed by atoms with Crippen LogP contribution in [0.15, 0.2) is 59.5 Å². The predicted octanol–water partition coefficient (Wildman–Crippen LogP) is 3.11. The maximum atomic E-state index is 12.6. The molecule has 2 aromatic carbocycles. The lowest BCUT2D eigenvalue weighted by atomic mass is 10.0. The van der Waals surface area contributed by atoms with Crippen LogP contribution in [-0.4, -0.2) is 32.8 Å². The summed E-state index contributed by atoms with van der Waals surface area (Å²) >= 11 is 0. The highest BCUT2D eigenvalue weighted by molar-refractivity contribution is 7.89. The van der Waals surface area contributed by atoms with E-state index in [0.29, 0.717) is 5.56 Å². The lowest BCUT2D eigenvalue weighted by Gasteiger charge is -2.19. The first-order chi connectivity index (χ1) is 13.2. The van der Waals surface area contributed by atoms with E-state index >= 15 is 0 Å². The highest BCUT2D eigenvalue weighted by Crippen LogP contribution is 2.14. The van der Waals surface area contributed by atoms with Gasteiger partial charge in [0.05, 0.1) is 4.90 Å². The van der Waals surface area contributed by atoms with E-state index < -0.39 is 28.6 Å². The zero-order chi connectivity index (χ0) is 20.7. The lowest BCUT2D eigenvalue weighted by molar-refractivity contribution is -0.144. The van der Waals surface area contributed by atoms with Gasteiger partial charge in [0.2, 0.25) is 10.0 Å². The predicted molar refractivity (Wildman–Crippen MR) is 106 cm³/mol. The number of nitrogens with one attached hydrogen (secondary N) is 1. The monoisotopic (exact) mass is 403 g/mol. The van der Waals surface area contributed by atoms with Gasteiger partial charge in [-0.15, -0.1) is 0 Å². The minimum atomic E-state index is -3.89. The number of hydrogen-bond donors (Lipinski definition) is 1. The maximum absolute atomic E-state index is 12.6. The summed E-state index contributed by atoms with van der Waals surface area (Å²) in [5.41, 5.74) is 1.35. The SMILES string of the molecule is Cc1ccc(S(=O)(=O)N[C@@H](CC(C)C)C(=O)OCC(=O)c2ccccc2)cc1. The van der Waals surface area contributed by atoms with Crippen molar-refractivity contribution in [3.8, 4) is 0 Å². The molecule has 2 rings (SSSR count). The number of carbonyl (C=O) groups excluding carboxylic acids is 2. The second-order valence-electron chi connectivity index (χ2n) is 7.01. The van der Waals surface area contributed by atoms with Crippen LogP contribution in [0.4, 0.5) is 0 Å². The van der Waals surface area contributed by atoms with E-state index in [-0.39, 0.29) is 23.0 Å². The summed E-state index contributed by atoms with van der Waals surface area (Å²) in [5, 5.41) is 0. The Kier molecular flexibility index (Phi) is 7.48. The van der Waals surface area contributed by atoms with Gasteiger partial charge >= 0.3 is 5.97 Å². The molecule has 1 atom stereocenters. The van der Waals surface area contributed by atoms with Crippen molar-refractivity contribution >= 4 is 21.8 Å². The van der Waals surface area contributed by atoms with Gasteiger partial charge in [0.1, 0.15) is 6.04 Å². The Morgan fingerprint density at radius 1 is 1.00 bits per heavy atom. The quantitative estimate of drug-likeness (QED) is 0.513. The third-order valence-electron chi connectivity index (χ3n) is 4.06. The third-order valence-corrected chi connectivity index (χ3v) is 5.55. The number of sulfonamides is 1. The molecule has 0 saturated heterocycles. The molecule has 0 saturated carbocycles. The van der Waals surface area contributed by atoms with E-state index in [0.717, 1.165) is 5.56 Å². The Morgan fingerprint density at radius 3 is 2.18 bits per heavy atom. The van der Waals surface area contributed by atoms with E-state index in [1.54, 1.807) is 42.5 Å². The minimum absolute atomic E-state index is 0.0445. The molecule has 0 spiro atoms. The second kappa shape index (κ2) is 9.61. The Balaban J connectivity index is 2.08. The van der Waals surface area contributed by atoms with E-state index in [1.807, 2.05) is 20.8 Å². The summed E-state index contributed by atoms with van der Waals surface area (Å²) in [6, 6.07) is 13.7. The van der Waals surface area contributed by atoms with Gasteiger partial charge in [-0.1, -0.05) is 61.9 Å². The van der Waals surface area contributed by atoms with Crippen LogP contribution in [0.25, 0.3) is 0 Å². The van der Waals surface area contributed by atoms with E-state index in [4.69, 9.17) is 4.74 Å². The van der Waals surface area contributed by atoms with Crippen LogP contribution in [0.5, 0.6) is 0 Å². The van der Waals surface area contributed by atoms with Gasteiger partial charge in [-0.05, 0) is 31.4 Å². The summed E-state index contributed by atoms with van der Waals surface area (Å²) < 4.78 is 32.7. The van der Waals surface area contributed by atoms with Crippen molar-refractivity contribution in [1.29, 1.82) is 0 Å². The van der Waals surface area contributed by atoms with Crippen LogP contribution in [0.3, 0.4) is 0 Å². The molecular weight excluding hydrogens is 378 g/mol. The maximum Gasteiger partial charge on any atom is 0.324 e. The van der Waals surface area contributed by atoms with Crippen LogP contribution in [-0.2, 0) is 19.6 Å². The fraction of sp³-hybridized carbons (Fsp3) is 0.333. The van der Waals surface area contributed by atoms with Crippen LogP contribution < -0.4 is 4.72 Å². The van der Waals surface area contributed by atoms with Crippen molar-refractivity contribution in [3.63, 3.8) is 0 Å². The number of rotatable bonds is 9. The first-order valence-corrected chi connectivity index (χ1v) is 10.5. The Bertz CT molecular complexity index is 906. The van der Waals surface area contributed by atoms with Crippen molar-refractivity contribution in [2.45, 2.75) is 38.1 Å². The number of ether oxygens (including phenoxy) is 1. The van der Waals surface area contributed by atoms with Crippen LogP contribution in [0.1, 0.15) is 36.2 Å². The molecule has 0 heterocycles. The molecule has 0 aliphatic heterocycles. The highest BCUT2D eigenvalue weighted by atomic mass is 32.2. The molecule has 0 radical (unpaired) electrons. The summed E-state index contributed by atoms with van der Waals surface area (Å²) in [6.45, 7) is 5.15. The Labute approximate surface area is 166 Å². The van der Waals surface area contributed by atoms with Crippen LogP contribution in [0.2, 0.25) is 0 Å². The summed E-state index contributed by atoms with van der Waals surface area (Å²) in [7, 11) is -3.89. The number of ketones is 1. The van der Waals surface area contributed by atoms with E-state index in [9.17, 15) is 18.0 Å². The molecule has 0 amide bonds. The molecule has 7 heteroatoms. The first-order valence-electron chi connectivity index (χ1n) is 9.03. The van der Waals surface area contributed by atoms with E-state index in [1.165, 1.54) is 12.1 Å². The van der Waals surface area contributed by atoms with Crippen LogP contribution >= 0.6 is 0 Å². The standard InChI is InChI=1S/C21H25NO5S/c1-15(2)13-19(22-28(25,26)18-11-9-16(3)10-12-18)21(24)27-14-20(23)17-7-5-4-6-8-17/h4-12,15,19,22H,13-14H2,1-3H3/t19-/m0/s1. The number of carbonyl (C=O) groups is 2. The van der Waals surface area contributed by atoms with Gasteiger partial charge in [-0.3, -0.25) is 9.59 Å². The van der Waals surface area contributed by atoms with Gasteiger partial charge in [0.15, 0.2) is 12.4 Å². The number of aryl methyl sites for hydroxylation is 1. The Morgan fingerprint density at radius 2 is 1.61 bits per heavy atom. The van der Waals surface area contributed by atoms with Crippen molar-refractivity contribution in [2.24, 2.45) is 5.92 Å². The molecule has 0 aromatic heterocycles. The molecule has 1 N–H and O–H groups in total. The second-order valence-corrected chi connectivity index (χ2v) is 8.73. The van der Waals surface area contributed by atoms with Gasteiger partial charge < -0.3 is 4.74 Å². The molecule has 2 aromatic rings. The van der Waals surface area contributed by atoms with Gasteiger partial charge in [0.25, 0.3) is 0 Å². The highest BCUT2D eigenvalue weighted by Gasteiger charge is 2.28. The van der Waals surface area contributed by atoms with Crippen molar-refractivity contribution in [2.75, 3.05) is 6.61 Å². The number of hydrogen-bond acceptors (Lipinski definition) is 5. The average Bonchev–Trinajstić information content (AvgIpc) is 2.65. The zero-order valence-electron chi connectivity index (χ0n) is 16.2. The summed E-state index contributed by atoms with van der Waals surface area (Å²) in [6.07, 6.45) is 0.253. The smallest absolute Gasteiger partial charge is 0.324 e. The number of esters is 1. The molecule has 150 valence electrons. The van der Waals surface area contributed by atoms with Crippen molar-refractivity contribution in [3.05, 3.63) is 65.7 Å². The Hall–Kier alpha value is -2.51. The normalized spacial score (nSPS) is 12.6. The van der Waals surface area contributed by atoms with Crippen molar-refractivity contribution < 1.29 is 22.7 Å². The van der Waals surface area contributed by atoms with Gasteiger partial charge in [-0.25, -0.2) is 8.42 Å². The average molecular weight is 404 g/mol. The zero-order valence-corrected chi connectivity index (χ0v) is 17.0. The molecule has 0 bridgehead atoms. The summed E-state index contributed by atoms with van der Waals surface area (Å²) in [4.78, 5) is 24.7.